The van der Waals surface area contributed by atoms with E-state index in [1.165, 1.54) is 22.5 Å². The largest absolute Gasteiger partial charge is 0.348 e. The molecule has 9 aromatic heterocycles. The number of anilines is 2. The van der Waals surface area contributed by atoms with Crippen LogP contribution in [0.25, 0.3) is 86.7 Å². The van der Waals surface area contributed by atoms with Gasteiger partial charge in [-0.05, 0) is 193 Å². The van der Waals surface area contributed by atoms with Crippen molar-refractivity contribution in [1.82, 2.24) is 74.6 Å². The number of benzene rings is 3. The first-order valence-electron chi connectivity index (χ1n) is 31.6. The van der Waals surface area contributed by atoms with Crippen LogP contribution in [-0.2, 0) is 7.05 Å². The average molecular weight is 1280 g/mol. The van der Waals surface area contributed by atoms with Crippen molar-refractivity contribution in [3.63, 3.8) is 0 Å². The minimum atomic E-state index is 0.0599. The van der Waals surface area contributed by atoms with Crippen molar-refractivity contribution in [3.8, 4) is 45.8 Å². The highest BCUT2D eigenvalue weighted by atomic mass is 32.1. The summed E-state index contributed by atoms with van der Waals surface area (Å²) in [5.74, 6) is 0.600. The molecule has 12 aromatic rings. The van der Waals surface area contributed by atoms with E-state index in [4.69, 9.17) is 25.0 Å². The Morgan fingerprint density at radius 1 is 0.576 bits per heavy atom. The predicted molar refractivity (Wildman–Crippen MR) is 374 cm³/mol. The molecule has 3 aliphatic rings. The highest BCUT2D eigenvalue weighted by molar-refractivity contribution is 7.22. The molecule has 15 rings (SSSR count). The molecule has 0 unspecified atom stereocenters. The molecule has 3 aliphatic heterocycles. The van der Waals surface area contributed by atoms with Crippen molar-refractivity contribution in [2.45, 2.75) is 155 Å². The summed E-state index contributed by atoms with van der Waals surface area (Å²) in [5.41, 5.74) is 15.3. The number of thiazole rings is 3. The SMILES string of the molecule is CN(c1nc2ncc(-c3cc(C#N)c4nn(C)cc4c3)nc2s1)C1CC(C)(C)NC(C)(C)C1.Cc1cn2cc(-c3ccc4nc(N(C)C5CC(C)(C)NC(C)(C)C5)sc4c3)cc(C#N)c2n1.Cc1cn2nc(-c3ccc4nc(C5CCNCC5)sc4c3)cc(C)c2n1. The van der Waals surface area contributed by atoms with E-state index in [0.717, 1.165) is 131 Å². The Bertz CT molecular complexity index is 4630. The Hall–Kier alpha value is -8.35. The zero-order valence-electron chi connectivity index (χ0n) is 54.9. The maximum atomic E-state index is 9.63. The van der Waals surface area contributed by atoms with Crippen LogP contribution in [0.3, 0.4) is 0 Å². The minimum Gasteiger partial charge on any atom is -0.348 e. The molecule has 0 amide bonds. The third kappa shape index (κ3) is 12.9. The number of aromatic nitrogens is 12. The van der Waals surface area contributed by atoms with E-state index in [1.807, 2.05) is 84.1 Å². The Labute approximate surface area is 548 Å². The lowest BCUT2D eigenvalue weighted by Crippen LogP contribution is -2.61. The van der Waals surface area contributed by atoms with Gasteiger partial charge in [-0.2, -0.15) is 25.7 Å². The Morgan fingerprint density at radius 2 is 1.17 bits per heavy atom. The Morgan fingerprint density at radius 3 is 1.85 bits per heavy atom. The van der Waals surface area contributed by atoms with Crippen molar-refractivity contribution in [2.75, 3.05) is 37.0 Å². The van der Waals surface area contributed by atoms with Gasteiger partial charge in [-0.1, -0.05) is 34.8 Å². The summed E-state index contributed by atoms with van der Waals surface area (Å²) in [4.78, 5) is 38.6. The van der Waals surface area contributed by atoms with Gasteiger partial charge in [-0.3, -0.25) is 4.68 Å². The summed E-state index contributed by atoms with van der Waals surface area (Å²) >= 11 is 5.14. The van der Waals surface area contributed by atoms with Crippen LogP contribution in [0, 0.1) is 43.4 Å². The van der Waals surface area contributed by atoms with Gasteiger partial charge in [0.05, 0.1) is 71.7 Å². The van der Waals surface area contributed by atoms with Gasteiger partial charge in [0.2, 0.25) is 0 Å². The lowest BCUT2D eigenvalue weighted by molar-refractivity contribution is 0.160. The molecule has 0 bridgehead atoms. The maximum Gasteiger partial charge on any atom is 0.191 e. The second-order valence-corrected chi connectivity index (χ2v) is 31.1. The quantitative estimate of drug-likeness (QED) is 0.129. The zero-order chi connectivity index (χ0) is 64.8. The third-order valence-corrected chi connectivity index (χ3v) is 21.2. The molecule has 92 heavy (non-hydrogen) atoms. The smallest absolute Gasteiger partial charge is 0.191 e. The number of nitriles is 2. The van der Waals surface area contributed by atoms with E-state index in [2.05, 4.69) is 177 Å². The van der Waals surface area contributed by atoms with Gasteiger partial charge in [0.25, 0.3) is 0 Å². The fourth-order valence-corrected chi connectivity index (χ4v) is 17.5. The van der Waals surface area contributed by atoms with Crippen LogP contribution in [0.1, 0.15) is 133 Å². The van der Waals surface area contributed by atoms with Gasteiger partial charge in [0.15, 0.2) is 32.0 Å². The van der Waals surface area contributed by atoms with Crippen LogP contribution < -0.4 is 25.8 Å². The average Bonchev–Trinajstić information content (AvgIpc) is 1.59. The number of piperidine rings is 3. The molecule has 22 heteroatoms. The standard InChI is InChI=1S/C26H30N6S.C24H28N8S.C20H21N5S/c1-16-14-32-15-19(9-18(13-27)23(32)28-16)17-7-8-21-22(10-17)33-24(29-21)31(6)20-11-25(2,3)30-26(4,5)12-20;1-23(2)9-17(10-24(3,4)30-23)32(6)22-28-20-21(33-22)27-18(12-26-20)14-7-15(11-25)19-16(8-14)13-31(5)29-19;1-12-9-17(24-25-11-13(2)22-19(12)25)15-3-4-16-18(10-15)26-20(23-16)14-5-7-21-8-6-14/h7-10,14-15,20,30H,11-12H2,1-6H3;7-8,12-13,17,30H,9-10H2,1-6H3;3-4,9-11,14,21H,5-8H2,1-2H3. The van der Waals surface area contributed by atoms with Gasteiger partial charge < -0.3 is 30.2 Å². The van der Waals surface area contributed by atoms with Crippen LogP contribution in [0.5, 0.6) is 0 Å². The molecule has 0 spiro atoms. The molecule has 3 aromatic carbocycles. The molecule has 0 radical (unpaired) electrons. The topological polar surface area (TPSA) is 220 Å². The molecule has 0 saturated carbocycles. The molecule has 0 aliphatic carbocycles. The van der Waals surface area contributed by atoms with Crippen LogP contribution in [0.15, 0.2) is 91.6 Å². The highest BCUT2D eigenvalue weighted by Crippen LogP contribution is 2.40. The lowest BCUT2D eigenvalue weighted by atomic mass is 9.79. The molecule has 0 atom stereocenters. The zero-order valence-corrected chi connectivity index (χ0v) is 57.4. The molecular weight excluding hydrogens is 1200 g/mol. The lowest BCUT2D eigenvalue weighted by Gasteiger charge is -2.49. The summed E-state index contributed by atoms with van der Waals surface area (Å²) in [5, 5.41) is 43.5. The Balaban J connectivity index is 0.000000127. The number of nitrogens with zero attached hydrogens (tertiary/aromatic N) is 16. The number of nitrogens with one attached hydrogen (secondary N) is 3. The van der Waals surface area contributed by atoms with Crippen LogP contribution in [0.4, 0.5) is 10.3 Å². The summed E-state index contributed by atoms with van der Waals surface area (Å²) in [6, 6.07) is 26.1. The van der Waals surface area contributed by atoms with E-state index in [1.54, 1.807) is 33.6 Å². The summed E-state index contributed by atoms with van der Waals surface area (Å²) in [7, 11) is 6.15. The van der Waals surface area contributed by atoms with Crippen LogP contribution in [-0.4, -0.2) is 120 Å². The molecule has 12 heterocycles. The third-order valence-electron chi connectivity index (χ3n) is 17.9. The monoisotopic (exact) mass is 1280 g/mol. The fraction of sp³-hybridized carbons (Fsp3) is 0.414. The summed E-state index contributed by atoms with van der Waals surface area (Å²) < 4.78 is 7.95. The number of rotatable bonds is 8. The maximum absolute atomic E-state index is 9.63. The van der Waals surface area contributed by atoms with Crippen molar-refractivity contribution < 1.29 is 0 Å². The van der Waals surface area contributed by atoms with Gasteiger partial charge in [0, 0.05) is 96.4 Å². The van der Waals surface area contributed by atoms with Crippen LogP contribution >= 0.6 is 34.0 Å². The number of hydrogen-bond donors (Lipinski definition) is 3. The molecule has 3 fully saturated rings. The minimum absolute atomic E-state index is 0.0599. The second-order valence-electron chi connectivity index (χ2n) is 28.1. The molecule has 3 N–H and O–H groups in total. The Kier molecular flexibility index (Phi) is 16.3. The van der Waals surface area contributed by atoms with E-state index >= 15 is 0 Å². The number of aryl methyl sites for hydroxylation is 4. The summed E-state index contributed by atoms with van der Waals surface area (Å²) in [6.07, 6.45) is 16.2. The normalized spacial score (nSPS) is 17.4. The number of hydrogen-bond acceptors (Lipinski definition) is 19. The van der Waals surface area contributed by atoms with Crippen LogP contribution in [0.2, 0.25) is 0 Å². The van der Waals surface area contributed by atoms with Gasteiger partial charge in [-0.25, -0.2) is 34.4 Å². The first-order valence-corrected chi connectivity index (χ1v) is 34.0. The van der Waals surface area contributed by atoms with Crippen molar-refractivity contribution in [3.05, 3.63) is 125 Å². The highest BCUT2D eigenvalue weighted by Gasteiger charge is 2.41. The van der Waals surface area contributed by atoms with E-state index in [0.29, 0.717) is 45.9 Å². The number of imidazole rings is 2. The van der Waals surface area contributed by atoms with E-state index in [9.17, 15) is 10.5 Å². The molecule has 19 nitrogen and oxygen atoms in total. The predicted octanol–water partition coefficient (Wildman–Crippen LogP) is 13.9. The van der Waals surface area contributed by atoms with E-state index in [-0.39, 0.29) is 22.2 Å². The second kappa shape index (κ2) is 24.0. The number of pyridine rings is 1. The fourth-order valence-electron chi connectivity index (χ4n) is 14.3. The molecule has 472 valence electrons. The van der Waals surface area contributed by atoms with Gasteiger partial charge in [0.1, 0.15) is 17.7 Å². The van der Waals surface area contributed by atoms with Gasteiger partial charge >= 0.3 is 0 Å². The molecule has 3 saturated heterocycles. The van der Waals surface area contributed by atoms with Crippen molar-refractivity contribution in [2.24, 2.45) is 7.05 Å². The van der Waals surface area contributed by atoms with E-state index < -0.39 is 0 Å². The number of fused-ring (bicyclic) bond motifs is 6. The first-order chi connectivity index (χ1) is 43.7. The van der Waals surface area contributed by atoms with Crippen molar-refractivity contribution in [1.29, 1.82) is 10.5 Å². The first kappa shape index (κ1) is 62.5. The van der Waals surface area contributed by atoms with Gasteiger partial charge in [-0.15, -0.1) is 11.3 Å². The summed E-state index contributed by atoms with van der Waals surface area (Å²) in [6.45, 7) is 26.4. The van der Waals surface area contributed by atoms with Crippen molar-refractivity contribution >= 4 is 97.4 Å². The molecular formula is C70H79N19S3.